The number of hydrogen-bond donors (Lipinski definition) is 1. The third-order valence-corrected chi connectivity index (χ3v) is 4.12. The number of methoxy groups -OCH3 is 1. The molecule has 1 N–H and O–H groups in total. The SMILES string of the molecule is COc1ccccc1C(=O)C=C1NC(C)(C)Cc2ccc(F)cc21. The smallest absolute Gasteiger partial charge is 0.191 e. The van der Waals surface area contributed by atoms with Crippen LogP contribution in [0.2, 0.25) is 0 Å². The molecule has 0 unspecified atom stereocenters. The van der Waals surface area contributed by atoms with Crippen LogP contribution >= 0.6 is 0 Å². The van der Waals surface area contributed by atoms with Gasteiger partial charge in [0.05, 0.1) is 12.7 Å². The Labute approximate surface area is 141 Å². The summed E-state index contributed by atoms with van der Waals surface area (Å²) >= 11 is 0. The first-order valence-electron chi connectivity index (χ1n) is 7.86. The monoisotopic (exact) mass is 325 g/mol. The Morgan fingerprint density at radius 1 is 1.25 bits per heavy atom. The topological polar surface area (TPSA) is 38.3 Å². The zero-order chi connectivity index (χ0) is 17.3. The number of para-hydroxylation sites is 1. The van der Waals surface area contributed by atoms with Crippen LogP contribution in [0.15, 0.2) is 48.5 Å². The molecule has 2 aromatic carbocycles. The van der Waals surface area contributed by atoms with Gasteiger partial charge in [0.25, 0.3) is 0 Å². The molecule has 1 aliphatic rings. The first kappa shape index (κ1) is 16.2. The van der Waals surface area contributed by atoms with Crippen LogP contribution in [-0.2, 0) is 6.42 Å². The van der Waals surface area contributed by atoms with E-state index in [1.807, 2.05) is 6.07 Å². The summed E-state index contributed by atoms with van der Waals surface area (Å²) in [6.45, 7) is 4.11. The third kappa shape index (κ3) is 3.18. The normalized spacial score (nSPS) is 17.1. The van der Waals surface area contributed by atoms with E-state index in [-0.39, 0.29) is 17.1 Å². The largest absolute Gasteiger partial charge is 0.496 e. The van der Waals surface area contributed by atoms with E-state index < -0.39 is 0 Å². The van der Waals surface area contributed by atoms with Gasteiger partial charge in [-0.25, -0.2) is 4.39 Å². The summed E-state index contributed by atoms with van der Waals surface area (Å²) in [6.07, 6.45) is 2.29. The van der Waals surface area contributed by atoms with E-state index in [9.17, 15) is 9.18 Å². The fourth-order valence-electron chi connectivity index (χ4n) is 3.08. The van der Waals surface area contributed by atoms with Crippen molar-refractivity contribution in [3.8, 4) is 5.75 Å². The molecule has 0 aliphatic carbocycles. The van der Waals surface area contributed by atoms with Gasteiger partial charge in [-0.3, -0.25) is 4.79 Å². The highest BCUT2D eigenvalue weighted by molar-refractivity contribution is 6.10. The van der Waals surface area contributed by atoms with Crippen LogP contribution in [0, 0.1) is 5.82 Å². The van der Waals surface area contributed by atoms with Gasteiger partial charge in [0.15, 0.2) is 5.78 Å². The number of benzene rings is 2. The van der Waals surface area contributed by atoms with Gasteiger partial charge >= 0.3 is 0 Å². The highest BCUT2D eigenvalue weighted by Gasteiger charge is 2.28. The van der Waals surface area contributed by atoms with Crippen molar-refractivity contribution in [2.45, 2.75) is 25.8 Å². The molecule has 3 nitrogen and oxygen atoms in total. The van der Waals surface area contributed by atoms with Gasteiger partial charge in [0, 0.05) is 22.9 Å². The lowest BCUT2D eigenvalue weighted by Gasteiger charge is -2.35. The van der Waals surface area contributed by atoms with Crippen LogP contribution in [0.4, 0.5) is 4.39 Å². The average molecular weight is 325 g/mol. The summed E-state index contributed by atoms with van der Waals surface area (Å²) in [5, 5.41) is 3.35. The Balaban J connectivity index is 2.06. The van der Waals surface area contributed by atoms with Crippen molar-refractivity contribution in [2.24, 2.45) is 0 Å². The molecule has 0 saturated heterocycles. The Hall–Kier alpha value is -2.62. The van der Waals surface area contributed by atoms with Gasteiger partial charge in [-0.2, -0.15) is 0 Å². The number of nitrogens with one attached hydrogen (secondary N) is 1. The maximum absolute atomic E-state index is 13.7. The fraction of sp³-hybridized carbons (Fsp3) is 0.250. The number of carbonyl (C=O) groups is 1. The molecule has 24 heavy (non-hydrogen) atoms. The molecule has 0 fully saturated rings. The Bertz CT molecular complexity index is 824. The molecule has 0 bridgehead atoms. The predicted octanol–water partition coefficient (Wildman–Crippen LogP) is 3.98. The summed E-state index contributed by atoms with van der Waals surface area (Å²) in [6, 6.07) is 11.8. The van der Waals surface area contributed by atoms with E-state index in [2.05, 4.69) is 19.2 Å². The minimum absolute atomic E-state index is 0.178. The minimum Gasteiger partial charge on any atom is -0.496 e. The van der Waals surface area contributed by atoms with Crippen molar-refractivity contribution in [2.75, 3.05) is 7.11 Å². The van der Waals surface area contributed by atoms with Crippen molar-refractivity contribution < 1.29 is 13.9 Å². The molecule has 0 amide bonds. The van der Waals surface area contributed by atoms with E-state index in [4.69, 9.17) is 4.74 Å². The van der Waals surface area contributed by atoms with Crippen molar-refractivity contribution in [3.63, 3.8) is 0 Å². The summed E-state index contributed by atoms with van der Waals surface area (Å²) in [5.41, 5.74) is 2.67. The molecular weight excluding hydrogens is 305 g/mol. The van der Waals surface area contributed by atoms with Gasteiger partial charge < -0.3 is 10.1 Å². The number of ketones is 1. The van der Waals surface area contributed by atoms with Crippen LogP contribution in [0.25, 0.3) is 5.70 Å². The number of ether oxygens (including phenoxy) is 1. The second kappa shape index (κ2) is 6.11. The molecular formula is C20H20FNO2. The van der Waals surface area contributed by atoms with Gasteiger partial charge in [0.2, 0.25) is 0 Å². The standard InChI is InChI=1S/C20H20FNO2/c1-20(2)12-13-8-9-14(21)10-16(13)17(22-20)11-18(23)15-6-4-5-7-19(15)24-3/h4-11,22H,12H2,1-3H3. The third-order valence-electron chi connectivity index (χ3n) is 4.12. The summed E-state index contributed by atoms with van der Waals surface area (Å²) < 4.78 is 18.9. The second-order valence-electron chi connectivity index (χ2n) is 6.61. The Morgan fingerprint density at radius 2 is 2.00 bits per heavy atom. The van der Waals surface area contributed by atoms with Crippen LogP contribution in [-0.4, -0.2) is 18.4 Å². The average Bonchev–Trinajstić information content (AvgIpc) is 2.54. The van der Waals surface area contributed by atoms with Crippen LogP contribution in [0.1, 0.15) is 35.3 Å². The molecule has 0 spiro atoms. The Kier molecular flexibility index (Phi) is 4.14. The molecule has 0 aromatic heterocycles. The van der Waals surface area contributed by atoms with Crippen molar-refractivity contribution in [3.05, 3.63) is 71.0 Å². The maximum Gasteiger partial charge on any atom is 0.191 e. The van der Waals surface area contributed by atoms with Gasteiger partial charge in [0.1, 0.15) is 11.6 Å². The molecule has 1 heterocycles. The van der Waals surface area contributed by atoms with Crippen molar-refractivity contribution in [1.82, 2.24) is 5.32 Å². The number of rotatable bonds is 3. The molecule has 2 aromatic rings. The van der Waals surface area contributed by atoms with E-state index in [0.29, 0.717) is 17.0 Å². The lowest BCUT2D eigenvalue weighted by atomic mass is 9.85. The number of halogens is 1. The molecule has 3 rings (SSSR count). The van der Waals surface area contributed by atoms with Gasteiger partial charge in [-0.05, 0) is 50.1 Å². The highest BCUT2D eigenvalue weighted by atomic mass is 19.1. The van der Waals surface area contributed by atoms with Crippen LogP contribution in [0.3, 0.4) is 0 Å². The first-order valence-corrected chi connectivity index (χ1v) is 7.86. The van der Waals surface area contributed by atoms with E-state index in [1.54, 1.807) is 24.3 Å². The lowest BCUT2D eigenvalue weighted by Crippen LogP contribution is -2.43. The number of carbonyl (C=O) groups excluding carboxylic acids is 1. The minimum atomic E-state index is -0.314. The van der Waals surface area contributed by atoms with Crippen LogP contribution < -0.4 is 10.1 Å². The molecule has 1 aliphatic heterocycles. The highest BCUT2D eigenvalue weighted by Crippen LogP contribution is 2.31. The first-order chi connectivity index (χ1) is 11.4. The number of hydrogen-bond acceptors (Lipinski definition) is 3. The predicted molar refractivity (Wildman–Crippen MR) is 92.6 cm³/mol. The second-order valence-corrected chi connectivity index (χ2v) is 6.61. The van der Waals surface area contributed by atoms with Gasteiger partial charge in [-0.1, -0.05) is 18.2 Å². The number of fused-ring (bicyclic) bond motifs is 1. The molecule has 124 valence electrons. The fourth-order valence-corrected chi connectivity index (χ4v) is 3.08. The van der Waals surface area contributed by atoms with Crippen LogP contribution in [0.5, 0.6) is 5.75 Å². The van der Waals surface area contributed by atoms with Crippen molar-refractivity contribution in [1.29, 1.82) is 0 Å². The van der Waals surface area contributed by atoms with E-state index >= 15 is 0 Å². The van der Waals surface area contributed by atoms with E-state index in [1.165, 1.54) is 25.3 Å². The maximum atomic E-state index is 13.7. The van der Waals surface area contributed by atoms with Gasteiger partial charge in [-0.15, -0.1) is 0 Å². The summed E-state index contributed by atoms with van der Waals surface area (Å²) in [7, 11) is 1.53. The molecule has 0 atom stereocenters. The number of allylic oxidation sites excluding steroid dienone is 1. The summed E-state index contributed by atoms with van der Waals surface area (Å²) in [4.78, 5) is 12.7. The van der Waals surface area contributed by atoms with E-state index in [0.717, 1.165) is 17.5 Å². The lowest BCUT2D eigenvalue weighted by molar-refractivity contribution is 0.104. The zero-order valence-corrected chi connectivity index (χ0v) is 14.0. The summed E-state index contributed by atoms with van der Waals surface area (Å²) in [5.74, 6) is 0.0302. The molecule has 0 saturated carbocycles. The zero-order valence-electron chi connectivity index (χ0n) is 14.0. The molecule has 0 radical (unpaired) electrons. The Morgan fingerprint density at radius 3 is 2.75 bits per heavy atom. The molecule has 4 heteroatoms. The van der Waals surface area contributed by atoms with Crippen molar-refractivity contribution >= 4 is 11.5 Å². The quantitative estimate of drug-likeness (QED) is 0.685.